The van der Waals surface area contributed by atoms with Crippen LogP contribution in [0.1, 0.15) is 12.8 Å². The van der Waals surface area contributed by atoms with Crippen molar-refractivity contribution in [2.75, 3.05) is 20.7 Å². The van der Waals surface area contributed by atoms with Crippen molar-refractivity contribution in [2.24, 2.45) is 0 Å². The molecule has 1 fully saturated rings. The molecule has 9 heteroatoms. The monoisotopic (exact) mass is 349 g/mol. The molecule has 128 valence electrons. The van der Waals surface area contributed by atoms with Crippen molar-refractivity contribution in [1.29, 1.82) is 0 Å². The van der Waals surface area contributed by atoms with E-state index in [4.69, 9.17) is 17.0 Å². The van der Waals surface area contributed by atoms with Gasteiger partial charge in [0.15, 0.2) is 13.2 Å². The lowest BCUT2D eigenvalue weighted by molar-refractivity contribution is -0.895. The minimum Gasteiger partial charge on any atom is -0.497 e. The number of methoxy groups -OCH3 is 1. The van der Waals surface area contributed by atoms with Crippen molar-refractivity contribution in [1.82, 2.24) is 25.1 Å². The van der Waals surface area contributed by atoms with Gasteiger partial charge in [-0.2, -0.15) is 9.36 Å². The van der Waals surface area contributed by atoms with E-state index in [1.54, 1.807) is 16.5 Å². The minimum atomic E-state index is 0.0593. The van der Waals surface area contributed by atoms with Crippen LogP contribution in [-0.4, -0.2) is 52.4 Å². The van der Waals surface area contributed by atoms with Gasteiger partial charge in [-0.15, -0.1) is 0 Å². The van der Waals surface area contributed by atoms with Gasteiger partial charge in [0, 0.05) is 6.04 Å². The van der Waals surface area contributed by atoms with E-state index in [9.17, 15) is 4.79 Å². The molecular formula is C15H21N6O2S+. The third-order valence-corrected chi connectivity index (χ3v) is 4.16. The number of hydrogen-bond donors (Lipinski definition) is 2. The molecule has 1 unspecified atom stereocenters. The average molecular weight is 349 g/mol. The molecule has 1 aliphatic rings. The molecule has 8 nitrogen and oxygen atoms in total. The predicted molar refractivity (Wildman–Crippen MR) is 89.7 cm³/mol. The average Bonchev–Trinajstić information content (AvgIpc) is 3.30. The van der Waals surface area contributed by atoms with Gasteiger partial charge < -0.3 is 15.0 Å². The summed E-state index contributed by atoms with van der Waals surface area (Å²) in [5, 5.41) is 11.2. The van der Waals surface area contributed by atoms with E-state index >= 15 is 0 Å². The molecule has 1 saturated carbocycles. The standard InChI is InChI=1S/C15H20N6O2S/c1-19(9-14(22)16-11-3-4-11)10-20-15(24)21(18-17-20)12-5-7-13(23-2)8-6-12/h5-8,11H,3-4,9-10H2,1-2H3,(H,16,22)/p+1. The lowest BCUT2D eigenvalue weighted by atomic mass is 10.3. The number of quaternary nitrogens is 1. The van der Waals surface area contributed by atoms with Gasteiger partial charge in [-0.1, -0.05) is 0 Å². The number of amides is 1. The molecule has 1 aromatic heterocycles. The van der Waals surface area contributed by atoms with Gasteiger partial charge in [-0.3, -0.25) is 4.79 Å². The number of tetrazole rings is 1. The van der Waals surface area contributed by atoms with Gasteiger partial charge in [-0.25, -0.2) is 0 Å². The summed E-state index contributed by atoms with van der Waals surface area (Å²) in [6, 6.07) is 7.80. The Kier molecular flexibility index (Phi) is 4.91. The second-order valence-corrected chi connectivity index (χ2v) is 6.37. The van der Waals surface area contributed by atoms with E-state index in [-0.39, 0.29) is 5.91 Å². The van der Waals surface area contributed by atoms with Crippen molar-refractivity contribution in [3.63, 3.8) is 0 Å². The Hall–Kier alpha value is -2.26. The van der Waals surface area contributed by atoms with Crippen LogP contribution in [0.5, 0.6) is 5.75 Å². The first kappa shape index (κ1) is 16.6. The molecule has 24 heavy (non-hydrogen) atoms. The Labute approximate surface area is 145 Å². The Balaban J connectivity index is 1.65. The molecule has 0 bridgehead atoms. The van der Waals surface area contributed by atoms with Crippen molar-refractivity contribution in [2.45, 2.75) is 25.6 Å². The molecule has 0 aliphatic heterocycles. The Morgan fingerprint density at radius 1 is 1.38 bits per heavy atom. The van der Waals surface area contributed by atoms with Gasteiger partial charge in [0.2, 0.25) is 4.77 Å². The number of rotatable bonds is 7. The molecule has 0 radical (unpaired) electrons. The summed E-state index contributed by atoms with van der Waals surface area (Å²) in [5.41, 5.74) is 0.816. The second kappa shape index (κ2) is 7.10. The molecule has 0 spiro atoms. The highest BCUT2D eigenvalue weighted by Gasteiger charge is 2.24. The van der Waals surface area contributed by atoms with Crippen molar-refractivity contribution in [3.8, 4) is 11.4 Å². The quantitative estimate of drug-likeness (QED) is 0.663. The molecular weight excluding hydrogens is 328 g/mol. The Bertz CT molecular complexity index is 765. The van der Waals surface area contributed by atoms with Gasteiger partial charge in [-0.05, 0) is 59.8 Å². The first-order chi connectivity index (χ1) is 11.6. The van der Waals surface area contributed by atoms with Crippen LogP contribution in [0, 0.1) is 4.77 Å². The van der Waals surface area contributed by atoms with Crippen LogP contribution in [0.4, 0.5) is 0 Å². The van der Waals surface area contributed by atoms with E-state index in [2.05, 4.69) is 15.7 Å². The fraction of sp³-hybridized carbons (Fsp3) is 0.467. The fourth-order valence-corrected chi connectivity index (χ4v) is 2.59. The number of likely N-dealkylation sites (N-methyl/N-ethyl adjacent to an activating group) is 1. The highest BCUT2D eigenvalue weighted by molar-refractivity contribution is 7.71. The molecule has 0 saturated heterocycles. The molecule has 2 aromatic rings. The number of nitrogens with zero attached hydrogens (tertiary/aromatic N) is 4. The molecule has 1 atom stereocenters. The zero-order chi connectivity index (χ0) is 17.1. The van der Waals surface area contributed by atoms with E-state index in [1.807, 2.05) is 31.3 Å². The van der Waals surface area contributed by atoms with E-state index in [0.717, 1.165) is 29.2 Å². The fourth-order valence-electron chi connectivity index (χ4n) is 2.35. The molecule has 1 aromatic carbocycles. The number of nitrogens with one attached hydrogen (secondary N) is 2. The highest BCUT2D eigenvalue weighted by Crippen LogP contribution is 2.18. The first-order valence-electron chi connectivity index (χ1n) is 7.84. The van der Waals surface area contributed by atoms with Crippen LogP contribution in [-0.2, 0) is 11.5 Å². The number of benzene rings is 1. The van der Waals surface area contributed by atoms with Crippen LogP contribution in [0.3, 0.4) is 0 Å². The number of carbonyl (C=O) groups excluding carboxylic acids is 1. The zero-order valence-corrected chi connectivity index (χ0v) is 14.5. The smallest absolute Gasteiger partial charge is 0.275 e. The van der Waals surface area contributed by atoms with Crippen LogP contribution >= 0.6 is 12.2 Å². The topological polar surface area (TPSA) is 78.4 Å². The Morgan fingerprint density at radius 2 is 2.08 bits per heavy atom. The third-order valence-electron chi connectivity index (χ3n) is 3.78. The first-order valence-corrected chi connectivity index (χ1v) is 8.25. The lowest BCUT2D eigenvalue weighted by Crippen LogP contribution is -3.09. The molecule has 1 aliphatic carbocycles. The van der Waals surface area contributed by atoms with Gasteiger partial charge in [0.05, 0.1) is 19.8 Å². The largest absolute Gasteiger partial charge is 0.497 e. The maximum absolute atomic E-state index is 11.8. The molecule has 2 N–H and O–H groups in total. The van der Waals surface area contributed by atoms with Gasteiger partial charge >= 0.3 is 0 Å². The summed E-state index contributed by atoms with van der Waals surface area (Å²) in [5.74, 6) is 0.826. The number of hydrogen-bond acceptors (Lipinski definition) is 5. The number of carbonyl (C=O) groups is 1. The predicted octanol–water partition coefficient (Wildman–Crippen LogP) is -0.442. The van der Waals surface area contributed by atoms with Crippen molar-refractivity contribution < 1.29 is 14.4 Å². The molecule has 1 heterocycles. The molecule has 3 rings (SSSR count). The highest BCUT2D eigenvalue weighted by atomic mass is 32.1. The normalized spacial score (nSPS) is 15.1. The summed E-state index contributed by atoms with van der Waals surface area (Å²) in [6.45, 7) is 0.862. The molecule has 1 amide bonds. The maximum atomic E-state index is 11.8. The lowest BCUT2D eigenvalue weighted by Gasteiger charge is -2.12. The maximum Gasteiger partial charge on any atom is 0.275 e. The SMILES string of the molecule is COc1ccc(-n2nnn(C[NH+](C)CC(=O)NC3CC3)c2=S)cc1. The van der Waals surface area contributed by atoms with Gasteiger partial charge in [0.25, 0.3) is 5.91 Å². The van der Waals surface area contributed by atoms with Crippen LogP contribution in [0.2, 0.25) is 0 Å². The second-order valence-electron chi connectivity index (χ2n) is 6.00. The number of ether oxygens (including phenoxy) is 1. The Morgan fingerprint density at radius 3 is 2.71 bits per heavy atom. The number of aromatic nitrogens is 4. The van der Waals surface area contributed by atoms with E-state index < -0.39 is 0 Å². The summed E-state index contributed by atoms with van der Waals surface area (Å²) in [6.07, 6.45) is 2.18. The summed E-state index contributed by atoms with van der Waals surface area (Å²) in [7, 11) is 3.55. The van der Waals surface area contributed by atoms with E-state index in [0.29, 0.717) is 24.0 Å². The van der Waals surface area contributed by atoms with Crippen molar-refractivity contribution in [3.05, 3.63) is 29.0 Å². The zero-order valence-electron chi connectivity index (χ0n) is 13.7. The summed E-state index contributed by atoms with van der Waals surface area (Å²) < 4.78 is 8.85. The summed E-state index contributed by atoms with van der Waals surface area (Å²) in [4.78, 5) is 12.8. The van der Waals surface area contributed by atoms with Crippen LogP contribution < -0.4 is 15.0 Å². The third kappa shape index (κ3) is 3.98. The van der Waals surface area contributed by atoms with Crippen LogP contribution in [0.15, 0.2) is 24.3 Å². The summed E-state index contributed by atoms with van der Waals surface area (Å²) >= 11 is 5.44. The van der Waals surface area contributed by atoms with Crippen molar-refractivity contribution >= 4 is 18.1 Å². The van der Waals surface area contributed by atoms with Gasteiger partial charge in [0.1, 0.15) is 5.75 Å². The minimum absolute atomic E-state index is 0.0593. The van der Waals surface area contributed by atoms with E-state index in [1.165, 1.54) is 0 Å². The van der Waals surface area contributed by atoms with Crippen LogP contribution in [0.25, 0.3) is 5.69 Å².